The van der Waals surface area contributed by atoms with Gasteiger partial charge >= 0.3 is 0 Å². The van der Waals surface area contributed by atoms with Crippen molar-refractivity contribution in [1.82, 2.24) is 9.55 Å². The zero-order chi connectivity index (χ0) is 13.6. The van der Waals surface area contributed by atoms with Gasteiger partial charge in [0.15, 0.2) is 9.84 Å². The fraction of sp³-hybridized carbons (Fsp3) is 0.417. The highest BCUT2D eigenvalue weighted by atomic mass is 32.2. The van der Waals surface area contributed by atoms with Crippen LogP contribution in [-0.2, 0) is 16.4 Å². The summed E-state index contributed by atoms with van der Waals surface area (Å²) < 4.78 is 25.1. The summed E-state index contributed by atoms with van der Waals surface area (Å²) in [5, 5.41) is 9.42. The second-order valence-electron chi connectivity index (χ2n) is 4.86. The van der Waals surface area contributed by atoms with Gasteiger partial charge in [0.2, 0.25) is 0 Å². The average Bonchev–Trinajstić information content (AvgIpc) is 2.88. The number of aliphatic hydroxyl groups is 1. The zero-order valence-corrected chi connectivity index (χ0v) is 11.1. The number of rotatable bonds is 2. The van der Waals surface area contributed by atoms with E-state index in [2.05, 4.69) is 4.98 Å². The summed E-state index contributed by atoms with van der Waals surface area (Å²) >= 11 is 0. The zero-order valence-electron chi connectivity index (χ0n) is 10.3. The fourth-order valence-electron chi connectivity index (χ4n) is 2.66. The Morgan fingerprint density at radius 3 is 2.89 bits per heavy atom. The van der Waals surface area contributed by atoms with Crippen molar-refractivity contribution in [3.8, 4) is 0 Å². The highest BCUT2D eigenvalue weighted by molar-refractivity contribution is 7.91. The van der Waals surface area contributed by atoms with E-state index in [0.717, 1.165) is 5.52 Å². The molecular weight excluding hydrogens is 266 g/mol. The van der Waals surface area contributed by atoms with Gasteiger partial charge in [-0.15, -0.1) is 0 Å². The lowest BCUT2D eigenvalue weighted by Gasteiger charge is -2.14. The van der Waals surface area contributed by atoms with E-state index in [1.807, 2.05) is 10.6 Å². The van der Waals surface area contributed by atoms with E-state index in [-0.39, 0.29) is 24.2 Å². The number of hydrogen-bond donors (Lipinski definition) is 2. The SMILES string of the molecule is Nc1ccc2c(c1)nc(CO)n2C1CCS(=O)(=O)C1. The number of nitrogens with two attached hydrogens (primary N) is 1. The van der Waals surface area contributed by atoms with Crippen molar-refractivity contribution >= 4 is 26.6 Å². The van der Waals surface area contributed by atoms with Crippen molar-refractivity contribution in [1.29, 1.82) is 0 Å². The van der Waals surface area contributed by atoms with E-state index in [4.69, 9.17) is 5.73 Å². The molecule has 0 radical (unpaired) electrons. The van der Waals surface area contributed by atoms with E-state index < -0.39 is 9.84 Å². The largest absolute Gasteiger partial charge is 0.399 e. The lowest BCUT2D eigenvalue weighted by Crippen LogP contribution is -2.14. The van der Waals surface area contributed by atoms with Crippen molar-refractivity contribution in [3.63, 3.8) is 0 Å². The average molecular weight is 281 g/mol. The Bertz CT molecular complexity index is 736. The smallest absolute Gasteiger partial charge is 0.152 e. The third-order valence-electron chi connectivity index (χ3n) is 3.50. The molecule has 1 atom stereocenters. The molecule has 1 fully saturated rings. The van der Waals surface area contributed by atoms with Gasteiger partial charge in [-0.25, -0.2) is 13.4 Å². The van der Waals surface area contributed by atoms with Gasteiger partial charge in [0.05, 0.1) is 28.6 Å². The van der Waals surface area contributed by atoms with Crippen LogP contribution >= 0.6 is 0 Å². The minimum atomic E-state index is -2.98. The van der Waals surface area contributed by atoms with Crippen molar-refractivity contribution in [2.24, 2.45) is 0 Å². The Kier molecular flexibility index (Phi) is 2.75. The molecule has 3 rings (SSSR count). The second kappa shape index (κ2) is 4.21. The maximum Gasteiger partial charge on any atom is 0.152 e. The molecule has 102 valence electrons. The summed E-state index contributed by atoms with van der Waals surface area (Å²) in [4.78, 5) is 4.32. The van der Waals surface area contributed by atoms with Crippen LogP contribution in [0.15, 0.2) is 18.2 Å². The molecule has 2 heterocycles. The molecule has 7 heteroatoms. The third kappa shape index (κ3) is 2.08. The lowest BCUT2D eigenvalue weighted by atomic mass is 10.2. The molecule has 0 aliphatic carbocycles. The molecule has 19 heavy (non-hydrogen) atoms. The summed E-state index contributed by atoms with van der Waals surface area (Å²) in [5.41, 5.74) is 7.82. The number of nitrogen functional groups attached to an aromatic ring is 1. The van der Waals surface area contributed by atoms with E-state index >= 15 is 0 Å². The van der Waals surface area contributed by atoms with E-state index in [0.29, 0.717) is 23.4 Å². The summed E-state index contributed by atoms with van der Waals surface area (Å²) in [5.74, 6) is 0.787. The fourth-order valence-corrected chi connectivity index (χ4v) is 4.36. The van der Waals surface area contributed by atoms with Crippen LogP contribution in [-0.4, -0.2) is 34.6 Å². The molecule has 0 bridgehead atoms. The first-order chi connectivity index (χ1) is 9.00. The number of aromatic nitrogens is 2. The topological polar surface area (TPSA) is 98.2 Å². The van der Waals surface area contributed by atoms with Gasteiger partial charge < -0.3 is 15.4 Å². The van der Waals surface area contributed by atoms with Gasteiger partial charge in [-0.3, -0.25) is 0 Å². The summed E-state index contributed by atoms with van der Waals surface area (Å²) in [7, 11) is -2.98. The number of fused-ring (bicyclic) bond motifs is 1. The summed E-state index contributed by atoms with van der Waals surface area (Å²) in [6, 6.07) is 5.15. The standard InChI is InChI=1S/C12H15N3O3S/c13-8-1-2-11-10(5-8)14-12(6-16)15(11)9-3-4-19(17,18)7-9/h1-2,5,9,16H,3-4,6-7,13H2. The Labute approximate surface area is 110 Å². The van der Waals surface area contributed by atoms with Gasteiger partial charge in [0.1, 0.15) is 12.4 Å². The van der Waals surface area contributed by atoms with Crippen LogP contribution in [0.3, 0.4) is 0 Å². The van der Waals surface area contributed by atoms with Crippen LogP contribution in [0.1, 0.15) is 18.3 Å². The molecule has 1 unspecified atom stereocenters. The highest BCUT2D eigenvalue weighted by Gasteiger charge is 2.31. The second-order valence-corrected chi connectivity index (χ2v) is 7.09. The van der Waals surface area contributed by atoms with Crippen molar-refractivity contribution in [2.75, 3.05) is 17.2 Å². The molecule has 1 aliphatic rings. The van der Waals surface area contributed by atoms with Crippen LogP contribution in [0.4, 0.5) is 5.69 Å². The van der Waals surface area contributed by atoms with Crippen LogP contribution < -0.4 is 5.73 Å². The van der Waals surface area contributed by atoms with Gasteiger partial charge in [-0.1, -0.05) is 0 Å². The predicted molar refractivity (Wildman–Crippen MR) is 72.4 cm³/mol. The Morgan fingerprint density at radius 2 is 2.26 bits per heavy atom. The van der Waals surface area contributed by atoms with E-state index in [9.17, 15) is 13.5 Å². The lowest BCUT2D eigenvalue weighted by molar-refractivity contribution is 0.262. The van der Waals surface area contributed by atoms with Crippen LogP contribution in [0.5, 0.6) is 0 Å². The van der Waals surface area contributed by atoms with Crippen LogP contribution in [0, 0.1) is 0 Å². The summed E-state index contributed by atoms with van der Waals surface area (Å²) in [6.07, 6.45) is 0.561. The molecule has 1 aromatic heterocycles. The predicted octanol–water partition coefficient (Wildman–Crippen LogP) is 0.470. The Hall–Kier alpha value is -1.60. The van der Waals surface area contributed by atoms with Crippen molar-refractivity contribution < 1.29 is 13.5 Å². The first-order valence-electron chi connectivity index (χ1n) is 6.08. The molecule has 6 nitrogen and oxygen atoms in total. The molecule has 1 aromatic carbocycles. The maximum absolute atomic E-state index is 11.6. The van der Waals surface area contributed by atoms with Crippen molar-refractivity contribution in [2.45, 2.75) is 19.1 Å². The first-order valence-corrected chi connectivity index (χ1v) is 7.90. The van der Waals surface area contributed by atoms with E-state index in [1.165, 1.54) is 0 Å². The van der Waals surface area contributed by atoms with Crippen LogP contribution in [0.25, 0.3) is 11.0 Å². The number of aliphatic hydroxyl groups excluding tert-OH is 1. The normalized spacial score (nSPS) is 22.1. The number of hydrogen-bond acceptors (Lipinski definition) is 5. The number of sulfone groups is 1. The molecule has 3 N–H and O–H groups in total. The molecule has 0 saturated carbocycles. The quantitative estimate of drug-likeness (QED) is 0.780. The Balaban J connectivity index is 2.16. The number of imidazole rings is 1. The van der Waals surface area contributed by atoms with Gasteiger partial charge in [0.25, 0.3) is 0 Å². The number of anilines is 1. The van der Waals surface area contributed by atoms with Crippen molar-refractivity contribution in [3.05, 3.63) is 24.0 Å². The minimum Gasteiger partial charge on any atom is -0.399 e. The van der Waals surface area contributed by atoms with Gasteiger partial charge in [-0.2, -0.15) is 0 Å². The monoisotopic (exact) mass is 281 g/mol. The molecule has 0 amide bonds. The molecule has 2 aromatic rings. The van der Waals surface area contributed by atoms with Gasteiger partial charge in [0, 0.05) is 5.69 Å². The molecule has 1 aliphatic heterocycles. The first kappa shape index (κ1) is 12.4. The van der Waals surface area contributed by atoms with Crippen LogP contribution in [0.2, 0.25) is 0 Å². The third-order valence-corrected chi connectivity index (χ3v) is 5.25. The van der Waals surface area contributed by atoms with Gasteiger partial charge in [-0.05, 0) is 24.6 Å². The minimum absolute atomic E-state index is 0.107. The number of benzene rings is 1. The number of nitrogens with zero attached hydrogens (tertiary/aromatic N) is 2. The highest BCUT2D eigenvalue weighted by Crippen LogP contribution is 2.30. The maximum atomic E-state index is 11.6. The molecular formula is C12H15N3O3S. The van der Waals surface area contributed by atoms with E-state index in [1.54, 1.807) is 12.1 Å². The Morgan fingerprint density at radius 1 is 1.47 bits per heavy atom. The molecule has 1 saturated heterocycles. The summed E-state index contributed by atoms with van der Waals surface area (Å²) in [6.45, 7) is -0.217. The molecule has 0 spiro atoms.